The van der Waals surface area contributed by atoms with Crippen molar-refractivity contribution in [1.29, 1.82) is 0 Å². The van der Waals surface area contributed by atoms with Gasteiger partial charge in [0.15, 0.2) is 5.16 Å². The summed E-state index contributed by atoms with van der Waals surface area (Å²) in [7, 11) is 0. The second-order valence-corrected chi connectivity index (χ2v) is 10.5. The van der Waals surface area contributed by atoms with Gasteiger partial charge in [-0.05, 0) is 32.6 Å². The molecule has 2 N–H and O–H groups in total. The molecule has 0 amide bonds. The van der Waals surface area contributed by atoms with Crippen LogP contribution in [0.25, 0.3) is 31.7 Å². The highest BCUT2D eigenvalue weighted by Gasteiger charge is 2.32. The molecular weight excluding hydrogens is 440 g/mol. The minimum absolute atomic E-state index is 0.258. The topological polar surface area (TPSA) is 80.2 Å². The summed E-state index contributed by atoms with van der Waals surface area (Å²) < 4.78 is 7.19. The molecule has 1 atom stereocenters. The largest absolute Gasteiger partial charge is 0.392 e. The van der Waals surface area contributed by atoms with Crippen LogP contribution in [-0.4, -0.2) is 44.6 Å². The number of anilines is 1. The van der Waals surface area contributed by atoms with E-state index in [2.05, 4.69) is 31.3 Å². The Morgan fingerprint density at radius 1 is 1.19 bits per heavy atom. The van der Waals surface area contributed by atoms with Crippen LogP contribution in [0, 0.1) is 0 Å². The summed E-state index contributed by atoms with van der Waals surface area (Å²) in [5, 5.41) is 14.9. The van der Waals surface area contributed by atoms with E-state index in [1.54, 1.807) is 18.3 Å². The molecular formula is C24H26N4O2S2. The first-order valence-corrected chi connectivity index (χ1v) is 12.7. The van der Waals surface area contributed by atoms with Gasteiger partial charge in [-0.15, -0.1) is 11.3 Å². The van der Waals surface area contributed by atoms with E-state index in [0.717, 1.165) is 49.5 Å². The van der Waals surface area contributed by atoms with Crippen molar-refractivity contribution in [2.45, 2.75) is 50.7 Å². The molecule has 0 aliphatic carbocycles. The summed E-state index contributed by atoms with van der Waals surface area (Å²) in [6.07, 6.45) is 2.30. The Morgan fingerprint density at radius 2 is 1.97 bits per heavy atom. The lowest BCUT2D eigenvalue weighted by molar-refractivity contribution is -0.0394. The van der Waals surface area contributed by atoms with Crippen LogP contribution in [0.2, 0.25) is 0 Å². The third-order valence-corrected chi connectivity index (χ3v) is 7.29. The van der Waals surface area contributed by atoms with E-state index < -0.39 is 6.10 Å². The number of hydrogen-bond acceptors (Lipinski definition) is 8. The Hall–Kier alpha value is -2.26. The molecule has 1 aliphatic heterocycles. The summed E-state index contributed by atoms with van der Waals surface area (Å²) in [5.41, 5.74) is 5.15. The number of pyridine rings is 1. The van der Waals surface area contributed by atoms with Crippen LogP contribution >= 0.6 is 23.1 Å². The maximum Gasteiger partial charge on any atom is 0.189 e. The smallest absolute Gasteiger partial charge is 0.189 e. The van der Waals surface area contributed by atoms with Crippen molar-refractivity contribution < 1.29 is 9.84 Å². The highest BCUT2D eigenvalue weighted by atomic mass is 32.2. The van der Waals surface area contributed by atoms with E-state index >= 15 is 0 Å². The summed E-state index contributed by atoms with van der Waals surface area (Å²) in [6.45, 7) is 6.99. The third kappa shape index (κ3) is 3.85. The molecule has 1 aliphatic rings. The average Bonchev–Trinajstić information content (AvgIpc) is 3.15. The second-order valence-electron chi connectivity index (χ2n) is 8.76. The standard InChI is InChI=1S/C24H26N4O2S2/c1-13(29)11-25-21-20-19(27-23(28-21)31-4)17-15-10-24(2,3)30-12-16(15)18(26-22(17)32-20)14-8-6-5-7-9-14/h5-9,13,29H,10-12H2,1-4H3,(H,25,27,28). The lowest BCUT2D eigenvalue weighted by Crippen LogP contribution is -2.32. The first-order chi connectivity index (χ1) is 15.4. The molecule has 32 heavy (non-hydrogen) atoms. The summed E-state index contributed by atoms with van der Waals surface area (Å²) in [6, 6.07) is 10.3. The number of hydrogen-bond donors (Lipinski definition) is 2. The zero-order valence-electron chi connectivity index (χ0n) is 18.6. The average molecular weight is 467 g/mol. The number of ether oxygens (including phenoxy) is 1. The molecule has 8 heteroatoms. The molecule has 5 rings (SSSR count). The lowest BCUT2D eigenvalue weighted by atomic mass is 9.88. The van der Waals surface area contributed by atoms with Gasteiger partial charge in [0, 0.05) is 29.5 Å². The maximum atomic E-state index is 9.80. The number of fused-ring (bicyclic) bond motifs is 5. The highest BCUT2D eigenvalue weighted by Crippen LogP contribution is 2.44. The molecule has 0 spiro atoms. The number of rotatable bonds is 5. The van der Waals surface area contributed by atoms with Gasteiger partial charge in [0.2, 0.25) is 0 Å². The normalized spacial score (nSPS) is 16.3. The maximum absolute atomic E-state index is 9.80. The van der Waals surface area contributed by atoms with Crippen LogP contribution in [0.5, 0.6) is 0 Å². The van der Waals surface area contributed by atoms with Crippen LogP contribution in [0.3, 0.4) is 0 Å². The zero-order valence-corrected chi connectivity index (χ0v) is 20.2. The van der Waals surface area contributed by atoms with Gasteiger partial charge in [-0.2, -0.15) is 0 Å². The van der Waals surface area contributed by atoms with Gasteiger partial charge >= 0.3 is 0 Å². The lowest BCUT2D eigenvalue weighted by Gasteiger charge is -2.33. The summed E-state index contributed by atoms with van der Waals surface area (Å²) in [4.78, 5) is 15.7. The molecule has 0 fully saturated rings. The van der Waals surface area contributed by atoms with E-state index in [1.807, 2.05) is 24.5 Å². The van der Waals surface area contributed by atoms with Gasteiger partial charge in [-0.3, -0.25) is 0 Å². The van der Waals surface area contributed by atoms with E-state index in [0.29, 0.717) is 18.3 Å². The van der Waals surface area contributed by atoms with E-state index in [4.69, 9.17) is 19.7 Å². The van der Waals surface area contributed by atoms with Crippen molar-refractivity contribution in [1.82, 2.24) is 15.0 Å². The number of nitrogens with zero attached hydrogens (tertiary/aromatic N) is 3. The van der Waals surface area contributed by atoms with Crippen molar-refractivity contribution >= 4 is 49.3 Å². The molecule has 0 bridgehead atoms. The molecule has 4 aromatic rings. The molecule has 4 heterocycles. The molecule has 1 aromatic carbocycles. The van der Waals surface area contributed by atoms with Gasteiger partial charge in [0.25, 0.3) is 0 Å². The first-order valence-electron chi connectivity index (χ1n) is 10.7. The van der Waals surface area contributed by atoms with Gasteiger partial charge in [0.05, 0.1) is 34.2 Å². The fourth-order valence-corrected chi connectivity index (χ4v) is 5.62. The van der Waals surface area contributed by atoms with Crippen molar-refractivity contribution in [3.8, 4) is 11.3 Å². The van der Waals surface area contributed by atoms with Crippen LogP contribution in [0.1, 0.15) is 31.9 Å². The second kappa shape index (κ2) is 8.26. The molecule has 1 unspecified atom stereocenters. The van der Waals surface area contributed by atoms with Crippen molar-refractivity contribution in [2.75, 3.05) is 18.1 Å². The van der Waals surface area contributed by atoms with Gasteiger partial charge < -0.3 is 15.2 Å². The predicted octanol–water partition coefficient (Wildman–Crippen LogP) is 5.27. The number of aliphatic hydroxyl groups excluding tert-OH is 1. The van der Waals surface area contributed by atoms with Crippen LogP contribution < -0.4 is 5.32 Å². The van der Waals surface area contributed by atoms with Gasteiger partial charge in [0.1, 0.15) is 10.6 Å². The SMILES string of the molecule is CSc1nc(NCC(C)O)c2sc3nc(-c4ccccc4)c4c(c3c2n1)CC(C)(C)OC4. The van der Waals surface area contributed by atoms with Crippen LogP contribution in [-0.2, 0) is 17.8 Å². The fourth-order valence-electron chi connectivity index (χ4n) is 4.14. The molecule has 0 saturated heterocycles. The van der Waals surface area contributed by atoms with Gasteiger partial charge in [-0.25, -0.2) is 15.0 Å². The zero-order chi connectivity index (χ0) is 22.5. The summed E-state index contributed by atoms with van der Waals surface area (Å²) >= 11 is 3.13. The molecule has 6 nitrogen and oxygen atoms in total. The van der Waals surface area contributed by atoms with Crippen molar-refractivity contribution in [3.63, 3.8) is 0 Å². The molecule has 0 saturated carbocycles. The van der Waals surface area contributed by atoms with Crippen LogP contribution in [0.15, 0.2) is 35.5 Å². The van der Waals surface area contributed by atoms with Gasteiger partial charge in [-0.1, -0.05) is 42.1 Å². The minimum Gasteiger partial charge on any atom is -0.392 e. The number of thiophene rings is 1. The van der Waals surface area contributed by atoms with E-state index in [-0.39, 0.29) is 5.60 Å². The number of aliphatic hydroxyl groups is 1. The fraction of sp³-hybridized carbons (Fsp3) is 0.375. The highest BCUT2D eigenvalue weighted by molar-refractivity contribution is 7.98. The Bertz CT molecular complexity index is 1300. The third-order valence-electron chi connectivity index (χ3n) is 5.66. The summed E-state index contributed by atoms with van der Waals surface area (Å²) in [5.74, 6) is 0.754. The Balaban J connectivity index is 1.83. The number of benzene rings is 1. The Morgan fingerprint density at radius 3 is 2.69 bits per heavy atom. The molecule has 166 valence electrons. The van der Waals surface area contributed by atoms with E-state index in [1.165, 1.54) is 17.3 Å². The number of aromatic nitrogens is 3. The predicted molar refractivity (Wildman–Crippen MR) is 133 cm³/mol. The first kappa shape index (κ1) is 21.6. The quantitative estimate of drug-likeness (QED) is 0.306. The number of thioether (sulfide) groups is 1. The molecule has 3 aromatic heterocycles. The van der Waals surface area contributed by atoms with Crippen molar-refractivity contribution in [3.05, 3.63) is 41.5 Å². The Labute approximate surface area is 195 Å². The molecule has 0 radical (unpaired) electrons. The number of nitrogens with one attached hydrogen (secondary N) is 1. The van der Waals surface area contributed by atoms with Crippen molar-refractivity contribution in [2.24, 2.45) is 0 Å². The minimum atomic E-state index is -0.472. The van der Waals surface area contributed by atoms with E-state index in [9.17, 15) is 5.11 Å². The monoisotopic (exact) mass is 466 g/mol. The Kier molecular flexibility index (Phi) is 5.57. The van der Waals surface area contributed by atoms with Crippen LogP contribution in [0.4, 0.5) is 5.82 Å².